The largest absolute Gasteiger partial charge is 0.383 e. The van der Waals surface area contributed by atoms with Gasteiger partial charge < -0.3 is 5.73 Å². The zero-order valence-electron chi connectivity index (χ0n) is 13.8. The van der Waals surface area contributed by atoms with Crippen LogP contribution >= 0.6 is 34.4 Å². The quantitative estimate of drug-likeness (QED) is 0.483. The molecule has 0 fully saturated rings. The molecule has 0 radical (unpaired) electrons. The van der Waals surface area contributed by atoms with Crippen molar-refractivity contribution in [1.29, 1.82) is 0 Å². The molecule has 126 valence electrons. The molecule has 3 aromatic heterocycles. The van der Waals surface area contributed by atoms with Crippen molar-refractivity contribution in [2.75, 3.05) is 5.73 Å². The Bertz CT molecular complexity index is 1040. The van der Waals surface area contributed by atoms with Gasteiger partial charge in [0.2, 0.25) is 0 Å². The molecule has 0 amide bonds. The lowest BCUT2D eigenvalue weighted by molar-refractivity contribution is 1.08. The first-order chi connectivity index (χ1) is 12.1. The summed E-state index contributed by atoms with van der Waals surface area (Å²) in [5.41, 5.74) is 9.48. The van der Waals surface area contributed by atoms with Crippen LogP contribution in [0.2, 0.25) is 0 Å². The second kappa shape index (κ2) is 6.74. The Labute approximate surface area is 158 Å². The van der Waals surface area contributed by atoms with Crippen LogP contribution in [0.15, 0.2) is 40.1 Å². The van der Waals surface area contributed by atoms with Gasteiger partial charge in [-0.2, -0.15) is 0 Å². The third-order valence-electron chi connectivity index (χ3n) is 3.98. The van der Waals surface area contributed by atoms with E-state index in [1.807, 2.05) is 18.2 Å². The summed E-state index contributed by atoms with van der Waals surface area (Å²) >= 11 is 4.97. The molecular weight excluding hydrogens is 368 g/mol. The summed E-state index contributed by atoms with van der Waals surface area (Å²) in [4.78, 5) is 16.1. The molecule has 4 nitrogen and oxygen atoms in total. The van der Waals surface area contributed by atoms with E-state index in [0.29, 0.717) is 11.6 Å². The van der Waals surface area contributed by atoms with Gasteiger partial charge in [-0.15, -0.1) is 22.7 Å². The van der Waals surface area contributed by atoms with Gasteiger partial charge >= 0.3 is 0 Å². The third-order valence-corrected chi connectivity index (χ3v) is 7.10. The summed E-state index contributed by atoms with van der Waals surface area (Å²) in [5, 5.41) is 3.08. The number of nitrogens with two attached hydrogens (primary N) is 1. The Morgan fingerprint density at radius 3 is 2.68 bits per heavy atom. The highest BCUT2D eigenvalue weighted by atomic mass is 32.2. The fourth-order valence-electron chi connectivity index (χ4n) is 2.58. The van der Waals surface area contributed by atoms with E-state index >= 15 is 0 Å². The lowest BCUT2D eigenvalue weighted by atomic mass is 10.2. The van der Waals surface area contributed by atoms with Crippen molar-refractivity contribution in [1.82, 2.24) is 15.0 Å². The maximum atomic E-state index is 6.15. The number of aromatic nitrogens is 3. The van der Waals surface area contributed by atoms with Gasteiger partial charge in [-0.3, -0.25) is 0 Å². The molecule has 1 aromatic carbocycles. The summed E-state index contributed by atoms with van der Waals surface area (Å²) in [5.74, 6) is 2.00. The smallest absolute Gasteiger partial charge is 0.150 e. The molecule has 0 bridgehead atoms. The first-order valence-electron chi connectivity index (χ1n) is 7.77. The van der Waals surface area contributed by atoms with Crippen molar-refractivity contribution in [2.45, 2.75) is 23.9 Å². The van der Waals surface area contributed by atoms with Gasteiger partial charge in [0, 0.05) is 15.8 Å². The van der Waals surface area contributed by atoms with Crippen molar-refractivity contribution in [3.63, 3.8) is 0 Å². The number of rotatable bonds is 4. The number of thioether (sulfide) groups is 1. The SMILES string of the molecule is Cc1sc2nc(CSc3nc(-c4ccccc4)cs3)nc(N)c2c1C. The van der Waals surface area contributed by atoms with Crippen LogP contribution in [0, 0.1) is 13.8 Å². The van der Waals surface area contributed by atoms with Crippen molar-refractivity contribution >= 4 is 50.5 Å². The van der Waals surface area contributed by atoms with Crippen LogP contribution in [-0.2, 0) is 5.75 Å². The topological polar surface area (TPSA) is 64.7 Å². The van der Waals surface area contributed by atoms with E-state index in [-0.39, 0.29) is 0 Å². The molecule has 25 heavy (non-hydrogen) atoms. The van der Waals surface area contributed by atoms with Gasteiger partial charge in [-0.1, -0.05) is 42.1 Å². The van der Waals surface area contributed by atoms with Crippen LogP contribution < -0.4 is 5.73 Å². The molecule has 0 aliphatic heterocycles. The summed E-state index contributed by atoms with van der Waals surface area (Å²) in [6.07, 6.45) is 0. The van der Waals surface area contributed by atoms with Crippen molar-refractivity contribution in [2.24, 2.45) is 0 Å². The minimum atomic E-state index is 0.576. The van der Waals surface area contributed by atoms with Crippen LogP contribution in [0.4, 0.5) is 5.82 Å². The summed E-state index contributed by atoms with van der Waals surface area (Å²) < 4.78 is 1.01. The van der Waals surface area contributed by atoms with E-state index in [9.17, 15) is 0 Å². The highest BCUT2D eigenvalue weighted by molar-refractivity contribution is 8.00. The number of aryl methyl sites for hydroxylation is 2. The molecule has 0 atom stereocenters. The zero-order valence-corrected chi connectivity index (χ0v) is 16.3. The number of fused-ring (bicyclic) bond motifs is 1. The molecule has 0 aliphatic carbocycles. The Morgan fingerprint density at radius 2 is 1.88 bits per heavy atom. The Kier molecular flexibility index (Phi) is 4.45. The standard InChI is InChI=1S/C18H16N4S3/c1-10-11(2)25-17-15(10)16(19)21-14(22-17)9-24-18-20-13(8-23-18)12-6-4-3-5-7-12/h3-8H,9H2,1-2H3,(H2,19,21,22). The first-order valence-corrected chi connectivity index (χ1v) is 10.5. The Hall–Kier alpha value is -1.96. The lowest BCUT2D eigenvalue weighted by Gasteiger charge is -2.02. The highest BCUT2D eigenvalue weighted by Gasteiger charge is 2.13. The fourth-order valence-corrected chi connectivity index (χ4v) is 5.33. The van der Waals surface area contributed by atoms with Gasteiger partial charge in [0.05, 0.1) is 16.8 Å². The van der Waals surface area contributed by atoms with Crippen LogP contribution in [0.3, 0.4) is 0 Å². The molecule has 7 heteroatoms. The number of nitrogens with zero attached hydrogens (tertiary/aromatic N) is 3. The number of thiophene rings is 1. The van der Waals surface area contributed by atoms with E-state index in [1.54, 1.807) is 34.4 Å². The third kappa shape index (κ3) is 3.27. The Morgan fingerprint density at radius 1 is 1.08 bits per heavy atom. The maximum Gasteiger partial charge on any atom is 0.150 e. The molecule has 0 aliphatic rings. The van der Waals surface area contributed by atoms with Crippen LogP contribution in [0.5, 0.6) is 0 Å². The van der Waals surface area contributed by atoms with Crippen molar-refractivity contribution in [3.8, 4) is 11.3 Å². The van der Waals surface area contributed by atoms with E-state index in [1.165, 1.54) is 10.4 Å². The number of benzene rings is 1. The van der Waals surface area contributed by atoms with Gasteiger partial charge in [-0.05, 0) is 19.4 Å². The van der Waals surface area contributed by atoms with E-state index < -0.39 is 0 Å². The Balaban J connectivity index is 1.54. The van der Waals surface area contributed by atoms with Gasteiger partial charge in [0.15, 0.2) is 4.34 Å². The van der Waals surface area contributed by atoms with Crippen LogP contribution in [0.1, 0.15) is 16.3 Å². The molecular formula is C18H16N4S3. The van der Waals surface area contributed by atoms with Crippen LogP contribution in [-0.4, -0.2) is 15.0 Å². The monoisotopic (exact) mass is 384 g/mol. The average molecular weight is 385 g/mol. The highest BCUT2D eigenvalue weighted by Crippen LogP contribution is 2.34. The molecule has 4 rings (SSSR count). The second-order valence-corrected chi connectivity index (χ2v) is 8.93. The summed E-state index contributed by atoms with van der Waals surface area (Å²) in [7, 11) is 0. The van der Waals surface area contributed by atoms with Crippen molar-refractivity contribution in [3.05, 3.63) is 52.0 Å². The van der Waals surface area contributed by atoms with E-state index in [0.717, 1.165) is 31.6 Å². The van der Waals surface area contributed by atoms with Gasteiger partial charge in [0.1, 0.15) is 16.5 Å². The summed E-state index contributed by atoms with van der Waals surface area (Å²) in [6, 6.07) is 10.2. The van der Waals surface area contributed by atoms with Gasteiger partial charge in [0.25, 0.3) is 0 Å². The van der Waals surface area contributed by atoms with E-state index in [2.05, 4.69) is 41.3 Å². The predicted octanol–water partition coefficient (Wildman–Crippen LogP) is 5.31. The van der Waals surface area contributed by atoms with E-state index in [4.69, 9.17) is 10.7 Å². The molecule has 0 saturated heterocycles. The number of hydrogen-bond acceptors (Lipinski definition) is 7. The zero-order chi connectivity index (χ0) is 17.4. The molecule has 3 heterocycles. The molecule has 4 aromatic rings. The maximum absolute atomic E-state index is 6.15. The fraction of sp³-hybridized carbons (Fsp3) is 0.167. The molecule has 2 N–H and O–H groups in total. The first kappa shape index (κ1) is 16.5. The summed E-state index contributed by atoms with van der Waals surface area (Å²) in [6.45, 7) is 4.17. The molecule has 0 spiro atoms. The molecule has 0 saturated carbocycles. The number of anilines is 1. The number of nitrogen functional groups attached to an aromatic ring is 1. The number of thiazole rings is 1. The average Bonchev–Trinajstić information content (AvgIpc) is 3.19. The minimum Gasteiger partial charge on any atom is -0.383 e. The predicted molar refractivity (Wildman–Crippen MR) is 108 cm³/mol. The lowest BCUT2D eigenvalue weighted by Crippen LogP contribution is -1.99. The van der Waals surface area contributed by atoms with Gasteiger partial charge in [-0.25, -0.2) is 15.0 Å². The number of hydrogen-bond donors (Lipinski definition) is 1. The normalized spacial score (nSPS) is 11.3. The second-order valence-electron chi connectivity index (χ2n) is 5.64. The van der Waals surface area contributed by atoms with Crippen LogP contribution in [0.25, 0.3) is 21.5 Å². The molecule has 0 unspecified atom stereocenters. The minimum absolute atomic E-state index is 0.576. The van der Waals surface area contributed by atoms with Crippen molar-refractivity contribution < 1.29 is 0 Å².